The molecule has 1 aromatic carbocycles. The van der Waals surface area contributed by atoms with Crippen molar-refractivity contribution in [2.75, 3.05) is 0 Å². The molecular formula is C18H18Cl2N2O5. The van der Waals surface area contributed by atoms with Gasteiger partial charge in [0.15, 0.2) is 6.10 Å². The van der Waals surface area contributed by atoms with Crippen LogP contribution in [0.2, 0.25) is 10.0 Å². The molecule has 2 N–H and O–H groups in total. The summed E-state index contributed by atoms with van der Waals surface area (Å²) in [5.41, 5.74) is 0.552. The summed E-state index contributed by atoms with van der Waals surface area (Å²) < 4.78 is 10.5. The number of hydrogen-bond acceptors (Lipinski definition) is 5. The smallest absolute Gasteiger partial charge is 0.375 e. The molecule has 1 aromatic heterocycles. The van der Waals surface area contributed by atoms with E-state index in [1.165, 1.54) is 13.0 Å². The molecule has 0 fully saturated rings. The van der Waals surface area contributed by atoms with Gasteiger partial charge in [-0.3, -0.25) is 10.1 Å². The van der Waals surface area contributed by atoms with E-state index in [-0.39, 0.29) is 11.8 Å². The summed E-state index contributed by atoms with van der Waals surface area (Å²) in [6.07, 6.45) is -1.19. The highest BCUT2D eigenvalue weighted by molar-refractivity contribution is 6.36. The van der Waals surface area contributed by atoms with Crippen molar-refractivity contribution >= 4 is 41.1 Å². The van der Waals surface area contributed by atoms with Crippen molar-refractivity contribution in [3.05, 3.63) is 46.1 Å². The number of amides is 3. The van der Waals surface area contributed by atoms with Crippen molar-refractivity contribution in [1.29, 1.82) is 0 Å². The Bertz CT molecular complexity index is 863. The van der Waals surface area contributed by atoms with Gasteiger partial charge >= 0.3 is 12.0 Å². The number of urea groups is 1. The van der Waals surface area contributed by atoms with Gasteiger partial charge in [0.05, 0.1) is 5.02 Å². The first-order valence-electron chi connectivity index (χ1n) is 8.05. The van der Waals surface area contributed by atoms with Crippen molar-refractivity contribution in [2.24, 2.45) is 0 Å². The number of furan rings is 1. The van der Waals surface area contributed by atoms with E-state index in [2.05, 4.69) is 10.6 Å². The number of carbonyl (C=O) groups is 3. The first kappa shape index (κ1) is 20.8. The maximum atomic E-state index is 12.2. The summed E-state index contributed by atoms with van der Waals surface area (Å²) >= 11 is 12.0. The third-order valence-electron chi connectivity index (χ3n) is 3.31. The molecule has 0 aliphatic heterocycles. The zero-order valence-corrected chi connectivity index (χ0v) is 16.4. The van der Waals surface area contributed by atoms with Crippen LogP contribution in [0.3, 0.4) is 0 Å². The predicted molar refractivity (Wildman–Crippen MR) is 101 cm³/mol. The number of carbonyl (C=O) groups excluding carboxylic acids is 3. The van der Waals surface area contributed by atoms with Crippen molar-refractivity contribution < 1.29 is 23.5 Å². The SMILES string of the molecule is CC(C)NC(=O)NC(=O)[C@@H](C)OC(=O)c1ccc(-c2ccc(Cl)cc2Cl)o1. The van der Waals surface area contributed by atoms with Gasteiger partial charge in [-0.25, -0.2) is 9.59 Å². The number of hydrogen-bond donors (Lipinski definition) is 2. The summed E-state index contributed by atoms with van der Waals surface area (Å²) in [5.74, 6) is -1.37. The van der Waals surface area contributed by atoms with Crippen LogP contribution >= 0.6 is 23.2 Å². The minimum Gasteiger partial charge on any atom is -0.449 e. The first-order valence-corrected chi connectivity index (χ1v) is 8.80. The lowest BCUT2D eigenvalue weighted by Gasteiger charge is -2.13. The molecule has 1 heterocycles. The Morgan fingerprint density at radius 3 is 2.41 bits per heavy atom. The number of halogens is 2. The Morgan fingerprint density at radius 1 is 1.07 bits per heavy atom. The Morgan fingerprint density at radius 2 is 1.78 bits per heavy atom. The van der Waals surface area contributed by atoms with Gasteiger partial charge in [0, 0.05) is 16.6 Å². The fourth-order valence-corrected chi connectivity index (χ4v) is 2.57. The summed E-state index contributed by atoms with van der Waals surface area (Å²) in [5, 5.41) is 5.41. The van der Waals surface area contributed by atoms with Crippen molar-refractivity contribution in [3.63, 3.8) is 0 Å². The minimum atomic E-state index is -1.19. The standard InChI is InChI=1S/C18H18Cl2N2O5/c1-9(2)21-18(25)22-16(23)10(3)26-17(24)15-7-6-14(27-15)12-5-4-11(19)8-13(12)20/h4-10H,1-3H3,(H2,21,22,23,25)/t10-/m1/s1. The fraction of sp³-hybridized carbons (Fsp3) is 0.278. The highest BCUT2D eigenvalue weighted by atomic mass is 35.5. The molecule has 0 bridgehead atoms. The molecule has 3 amide bonds. The molecule has 2 aromatic rings. The largest absolute Gasteiger partial charge is 0.449 e. The quantitative estimate of drug-likeness (QED) is 0.722. The molecule has 0 saturated heterocycles. The van der Waals surface area contributed by atoms with E-state index in [0.717, 1.165) is 0 Å². The normalized spacial score (nSPS) is 11.8. The molecule has 0 radical (unpaired) electrons. The molecule has 2 rings (SSSR count). The molecule has 7 nitrogen and oxygen atoms in total. The lowest BCUT2D eigenvalue weighted by molar-refractivity contribution is -0.128. The van der Waals surface area contributed by atoms with Gasteiger partial charge in [-0.05, 0) is 51.1 Å². The third kappa shape index (κ3) is 5.74. The summed E-state index contributed by atoms with van der Waals surface area (Å²) in [4.78, 5) is 35.6. The van der Waals surface area contributed by atoms with Crippen LogP contribution in [-0.2, 0) is 9.53 Å². The van der Waals surface area contributed by atoms with Crippen LogP contribution in [0.1, 0.15) is 31.3 Å². The zero-order chi connectivity index (χ0) is 20.1. The molecular weight excluding hydrogens is 395 g/mol. The Kier molecular flexibility index (Phi) is 6.87. The second kappa shape index (κ2) is 8.92. The van der Waals surface area contributed by atoms with Crippen molar-refractivity contribution in [3.8, 4) is 11.3 Å². The molecule has 27 heavy (non-hydrogen) atoms. The van der Waals surface area contributed by atoms with Crippen LogP contribution in [0.15, 0.2) is 34.7 Å². The molecule has 144 valence electrons. The lowest BCUT2D eigenvalue weighted by Crippen LogP contribution is -2.46. The van der Waals surface area contributed by atoms with Crippen molar-refractivity contribution in [1.82, 2.24) is 10.6 Å². The first-order chi connectivity index (χ1) is 12.7. The summed E-state index contributed by atoms with van der Waals surface area (Å²) in [6.45, 7) is 4.83. The van der Waals surface area contributed by atoms with E-state index in [0.29, 0.717) is 21.4 Å². The third-order valence-corrected chi connectivity index (χ3v) is 3.86. The number of rotatable bonds is 5. The van der Waals surface area contributed by atoms with Gasteiger partial charge in [0.2, 0.25) is 5.76 Å². The predicted octanol–water partition coefficient (Wildman–Crippen LogP) is 4.03. The molecule has 9 heteroatoms. The molecule has 1 atom stereocenters. The summed E-state index contributed by atoms with van der Waals surface area (Å²) in [7, 11) is 0. The highest BCUT2D eigenvalue weighted by Gasteiger charge is 2.23. The van der Waals surface area contributed by atoms with Gasteiger partial charge in [-0.1, -0.05) is 23.2 Å². The minimum absolute atomic E-state index is 0.109. The van der Waals surface area contributed by atoms with Gasteiger partial charge in [0.1, 0.15) is 5.76 Å². The Labute approximate surface area is 166 Å². The van der Waals surface area contributed by atoms with Crippen LogP contribution in [0.5, 0.6) is 0 Å². The van der Waals surface area contributed by atoms with Crippen LogP contribution in [0.4, 0.5) is 4.79 Å². The molecule has 0 unspecified atom stereocenters. The second-order valence-electron chi connectivity index (χ2n) is 5.95. The molecule has 0 aliphatic carbocycles. The van der Waals surface area contributed by atoms with E-state index in [9.17, 15) is 14.4 Å². The number of benzene rings is 1. The van der Waals surface area contributed by atoms with Gasteiger partial charge in [-0.15, -0.1) is 0 Å². The maximum Gasteiger partial charge on any atom is 0.375 e. The summed E-state index contributed by atoms with van der Waals surface area (Å²) in [6, 6.07) is 6.98. The second-order valence-corrected chi connectivity index (χ2v) is 6.80. The highest BCUT2D eigenvalue weighted by Crippen LogP contribution is 2.31. The average molecular weight is 413 g/mol. The number of nitrogens with one attached hydrogen (secondary N) is 2. The molecule has 0 aliphatic rings. The monoisotopic (exact) mass is 412 g/mol. The lowest BCUT2D eigenvalue weighted by atomic mass is 10.2. The maximum absolute atomic E-state index is 12.2. The number of imide groups is 1. The Hall–Kier alpha value is -2.51. The van der Waals surface area contributed by atoms with Crippen LogP contribution in [0.25, 0.3) is 11.3 Å². The number of ether oxygens (including phenoxy) is 1. The fourth-order valence-electron chi connectivity index (χ4n) is 2.07. The van der Waals surface area contributed by atoms with E-state index < -0.39 is 24.0 Å². The van der Waals surface area contributed by atoms with E-state index in [4.69, 9.17) is 32.4 Å². The average Bonchev–Trinajstić information content (AvgIpc) is 3.03. The van der Waals surface area contributed by atoms with Gasteiger partial charge in [0.25, 0.3) is 5.91 Å². The Balaban J connectivity index is 2.01. The van der Waals surface area contributed by atoms with Gasteiger partial charge in [-0.2, -0.15) is 0 Å². The van der Waals surface area contributed by atoms with Crippen molar-refractivity contribution in [2.45, 2.75) is 32.9 Å². The van der Waals surface area contributed by atoms with Gasteiger partial charge < -0.3 is 14.5 Å². The van der Waals surface area contributed by atoms with E-state index in [1.807, 2.05) is 0 Å². The van der Waals surface area contributed by atoms with Crippen LogP contribution in [0, 0.1) is 0 Å². The zero-order valence-electron chi connectivity index (χ0n) is 14.8. The number of esters is 1. The van der Waals surface area contributed by atoms with E-state index >= 15 is 0 Å². The molecule has 0 saturated carbocycles. The van der Waals surface area contributed by atoms with E-state index in [1.54, 1.807) is 38.1 Å². The van der Waals surface area contributed by atoms with Crippen LogP contribution in [-0.4, -0.2) is 30.1 Å². The molecule has 0 spiro atoms. The van der Waals surface area contributed by atoms with Crippen LogP contribution < -0.4 is 10.6 Å². The topological polar surface area (TPSA) is 97.6 Å².